The molecular formula is C23H29N. The number of hydrogen-bond acceptors (Lipinski definition) is 1. The van der Waals surface area contributed by atoms with Gasteiger partial charge in [0.2, 0.25) is 0 Å². The fourth-order valence-corrected chi connectivity index (χ4v) is 2.72. The van der Waals surface area contributed by atoms with Crippen molar-refractivity contribution in [2.75, 3.05) is 13.6 Å². The first-order chi connectivity index (χ1) is 11.6. The summed E-state index contributed by atoms with van der Waals surface area (Å²) in [7, 11) is 2.15. The quantitative estimate of drug-likeness (QED) is 0.621. The smallest absolute Gasteiger partial charge is 0.0284 e. The van der Waals surface area contributed by atoms with Gasteiger partial charge < -0.3 is 0 Å². The molecule has 0 aliphatic rings. The van der Waals surface area contributed by atoms with Crippen LogP contribution in [0.4, 0.5) is 0 Å². The summed E-state index contributed by atoms with van der Waals surface area (Å²) < 4.78 is 0. The fourth-order valence-electron chi connectivity index (χ4n) is 2.72. The monoisotopic (exact) mass is 319 g/mol. The highest BCUT2D eigenvalue weighted by Gasteiger charge is 2.14. The van der Waals surface area contributed by atoms with E-state index in [-0.39, 0.29) is 5.41 Å². The predicted molar refractivity (Wildman–Crippen MR) is 106 cm³/mol. The minimum atomic E-state index is 0.152. The van der Waals surface area contributed by atoms with Crippen molar-refractivity contribution >= 4 is 10.8 Å². The third-order valence-electron chi connectivity index (χ3n) is 4.87. The van der Waals surface area contributed by atoms with E-state index in [9.17, 15) is 0 Å². The number of allylic oxidation sites excluding steroid dienone is 1. The molecular weight excluding hydrogens is 290 g/mol. The van der Waals surface area contributed by atoms with Crippen LogP contribution in [0.3, 0.4) is 0 Å². The molecule has 0 aromatic heterocycles. The predicted octanol–water partition coefficient (Wildman–Crippen LogP) is 5.66. The highest BCUT2D eigenvalue weighted by Crippen LogP contribution is 2.23. The Morgan fingerprint density at radius 2 is 1.75 bits per heavy atom. The van der Waals surface area contributed by atoms with E-state index in [1.165, 1.54) is 16.3 Å². The summed E-state index contributed by atoms with van der Waals surface area (Å²) in [4.78, 5) is 2.32. The maximum Gasteiger partial charge on any atom is 0.0284 e. The molecule has 126 valence electrons. The molecule has 0 heterocycles. The molecule has 2 rings (SSSR count). The standard InChI is InChI=1S/C23H29N/c1-5-23(3,6-2)17-10-7-11-18-24(4)19-21-15-12-14-20-13-8-9-16-22(20)21/h7-9,11-16H,5-6,18-19H2,1-4H3/b11-7+. The number of nitrogens with zero attached hydrogens (tertiary/aromatic N) is 1. The normalized spacial score (nSPS) is 11.9. The molecule has 2 aromatic carbocycles. The van der Waals surface area contributed by atoms with Crippen molar-refractivity contribution in [3.63, 3.8) is 0 Å². The van der Waals surface area contributed by atoms with E-state index < -0.39 is 0 Å². The molecule has 0 spiro atoms. The van der Waals surface area contributed by atoms with Crippen molar-refractivity contribution < 1.29 is 0 Å². The van der Waals surface area contributed by atoms with E-state index >= 15 is 0 Å². The van der Waals surface area contributed by atoms with Gasteiger partial charge in [0.1, 0.15) is 0 Å². The Labute approximate surface area is 147 Å². The van der Waals surface area contributed by atoms with Crippen LogP contribution < -0.4 is 0 Å². The Morgan fingerprint density at radius 3 is 2.50 bits per heavy atom. The first kappa shape index (κ1) is 18.3. The van der Waals surface area contributed by atoms with Gasteiger partial charge in [0, 0.05) is 18.5 Å². The van der Waals surface area contributed by atoms with Crippen molar-refractivity contribution in [3.8, 4) is 11.8 Å². The molecule has 24 heavy (non-hydrogen) atoms. The molecule has 0 bridgehead atoms. The third kappa shape index (κ3) is 4.98. The average Bonchev–Trinajstić information content (AvgIpc) is 2.61. The second-order valence-corrected chi connectivity index (χ2v) is 6.77. The van der Waals surface area contributed by atoms with Gasteiger partial charge in [0.05, 0.1) is 0 Å². The highest BCUT2D eigenvalue weighted by atomic mass is 15.1. The van der Waals surface area contributed by atoms with Gasteiger partial charge in [-0.15, -0.1) is 0 Å². The topological polar surface area (TPSA) is 3.24 Å². The molecule has 1 nitrogen and oxygen atoms in total. The summed E-state index contributed by atoms with van der Waals surface area (Å²) in [6.07, 6.45) is 6.36. The van der Waals surface area contributed by atoms with Gasteiger partial charge in [-0.2, -0.15) is 0 Å². The van der Waals surface area contributed by atoms with Gasteiger partial charge in [0.15, 0.2) is 0 Å². The summed E-state index contributed by atoms with van der Waals surface area (Å²) in [5, 5.41) is 2.65. The molecule has 0 atom stereocenters. The largest absolute Gasteiger partial charge is 0.298 e. The number of likely N-dealkylation sites (N-methyl/N-ethyl adjacent to an activating group) is 1. The van der Waals surface area contributed by atoms with Crippen LogP contribution in [0.15, 0.2) is 54.6 Å². The number of hydrogen-bond donors (Lipinski definition) is 0. The summed E-state index contributed by atoms with van der Waals surface area (Å²) in [5.41, 5.74) is 1.53. The third-order valence-corrected chi connectivity index (χ3v) is 4.87. The van der Waals surface area contributed by atoms with Crippen LogP contribution >= 0.6 is 0 Å². The lowest BCUT2D eigenvalue weighted by molar-refractivity contribution is 0.365. The Bertz CT molecular complexity index is 736. The van der Waals surface area contributed by atoms with Crippen molar-refractivity contribution in [1.29, 1.82) is 0 Å². The van der Waals surface area contributed by atoms with Gasteiger partial charge in [-0.1, -0.05) is 74.2 Å². The van der Waals surface area contributed by atoms with E-state index in [1.807, 2.05) is 6.08 Å². The Morgan fingerprint density at radius 1 is 1.04 bits per heavy atom. The summed E-state index contributed by atoms with van der Waals surface area (Å²) in [6, 6.07) is 15.1. The molecule has 0 fully saturated rings. The zero-order valence-corrected chi connectivity index (χ0v) is 15.5. The van der Waals surface area contributed by atoms with E-state index in [0.29, 0.717) is 0 Å². The van der Waals surface area contributed by atoms with E-state index in [4.69, 9.17) is 0 Å². The van der Waals surface area contributed by atoms with Gasteiger partial charge in [-0.25, -0.2) is 0 Å². The molecule has 0 radical (unpaired) electrons. The molecule has 0 saturated heterocycles. The highest BCUT2D eigenvalue weighted by molar-refractivity contribution is 5.85. The lowest BCUT2D eigenvalue weighted by Gasteiger charge is -2.18. The van der Waals surface area contributed by atoms with E-state index in [0.717, 1.165) is 25.9 Å². The lowest BCUT2D eigenvalue weighted by atomic mass is 9.86. The van der Waals surface area contributed by atoms with Crippen LogP contribution in [0, 0.1) is 17.3 Å². The van der Waals surface area contributed by atoms with Crippen LogP contribution in [-0.4, -0.2) is 18.5 Å². The van der Waals surface area contributed by atoms with Crippen LogP contribution in [0.2, 0.25) is 0 Å². The van der Waals surface area contributed by atoms with Crippen LogP contribution in [0.1, 0.15) is 39.2 Å². The summed E-state index contributed by atoms with van der Waals surface area (Å²) in [6.45, 7) is 8.51. The average molecular weight is 319 g/mol. The Kier molecular flexibility index (Phi) is 6.64. The molecule has 0 unspecified atom stereocenters. The van der Waals surface area contributed by atoms with Crippen molar-refractivity contribution in [2.45, 2.75) is 40.2 Å². The van der Waals surface area contributed by atoms with Crippen LogP contribution in [0.25, 0.3) is 10.8 Å². The lowest BCUT2D eigenvalue weighted by Crippen LogP contribution is -2.17. The number of fused-ring (bicyclic) bond motifs is 1. The van der Waals surface area contributed by atoms with Crippen molar-refractivity contribution in [3.05, 3.63) is 60.2 Å². The maximum atomic E-state index is 3.39. The molecule has 1 heteroatoms. The maximum absolute atomic E-state index is 3.39. The van der Waals surface area contributed by atoms with Crippen molar-refractivity contribution in [2.24, 2.45) is 5.41 Å². The number of benzene rings is 2. The van der Waals surface area contributed by atoms with Crippen LogP contribution in [0.5, 0.6) is 0 Å². The molecule has 0 aliphatic heterocycles. The molecule has 2 aromatic rings. The second-order valence-electron chi connectivity index (χ2n) is 6.77. The summed E-state index contributed by atoms with van der Waals surface area (Å²) >= 11 is 0. The fraction of sp³-hybridized carbons (Fsp3) is 0.391. The minimum Gasteiger partial charge on any atom is -0.298 e. The summed E-state index contributed by atoms with van der Waals surface area (Å²) in [5.74, 6) is 6.61. The second kappa shape index (κ2) is 8.71. The zero-order valence-electron chi connectivity index (χ0n) is 15.5. The van der Waals surface area contributed by atoms with E-state index in [1.54, 1.807) is 0 Å². The zero-order chi connectivity index (χ0) is 17.4. The molecule has 0 saturated carbocycles. The van der Waals surface area contributed by atoms with Gasteiger partial charge in [-0.05, 0) is 49.2 Å². The number of rotatable bonds is 6. The van der Waals surface area contributed by atoms with Crippen LogP contribution in [-0.2, 0) is 6.54 Å². The Hall–Kier alpha value is -2.04. The van der Waals surface area contributed by atoms with Crippen molar-refractivity contribution in [1.82, 2.24) is 4.90 Å². The molecule has 0 amide bonds. The first-order valence-corrected chi connectivity index (χ1v) is 8.91. The minimum absolute atomic E-state index is 0.152. The Balaban J connectivity index is 1.95. The SMILES string of the molecule is CCC(C)(C#C/C=C/CN(C)Cc1cccc2ccccc12)CC. The van der Waals surface area contributed by atoms with E-state index in [2.05, 4.69) is 93.1 Å². The van der Waals surface area contributed by atoms with Gasteiger partial charge >= 0.3 is 0 Å². The van der Waals surface area contributed by atoms with Gasteiger partial charge in [0.25, 0.3) is 0 Å². The first-order valence-electron chi connectivity index (χ1n) is 8.91. The van der Waals surface area contributed by atoms with Gasteiger partial charge in [-0.3, -0.25) is 4.90 Å². The molecule has 0 aliphatic carbocycles. The molecule has 0 N–H and O–H groups in total.